The molecule has 0 aromatic heterocycles. The van der Waals surface area contributed by atoms with Gasteiger partial charge in [-0.3, -0.25) is 0 Å². The van der Waals surface area contributed by atoms with Crippen molar-refractivity contribution in [2.24, 2.45) is 11.8 Å². The van der Waals surface area contributed by atoms with E-state index in [0.717, 1.165) is 26.3 Å². The summed E-state index contributed by atoms with van der Waals surface area (Å²) in [7, 11) is 0. The summed E-state index contributed by atoms with van der Waals surface area (Å²) in [6, 6.07) is 6.04. The van der Waals surface area contributed by atoms with E-state index in [2.05, 4.69) is 11.4 Å². The predicted octanol–water partition coefficient (Wildman–Crippen LogP) is 3.54. The molecule has 3 unspecified atom stereocenters. The highest BCUT2D eigenvalue weighted by atomic mass is 35.5. The van der Waals surface area contributed by atoms with Crippen LogP contribution in [0.5, 0.6) is 0 Å². The molecule has 3 rings (SSSR count). The van der Waals surface area contributed by atoms with Gasteiger partial charge in [0.1, 0.15) is 0 Å². The molecule has 0 spiro atoms. The number of rotatable bonds is 4. The van der Waals surface area contributed by atoms with Gasteiger partial charge in [-0.25, -0.2) is 0 Å². The highest BCUT2D eigenvalue weighted by Gasteiger charge is 2.67. The van der Waals surface area contributed by atoms with Crippen LogP contribution in [0.1, 0.15) is 12.5 Å². The van der Waals surface area contributed by atoms with E-state index in [4.69, 9.17) is 27.9 Å². The van der Waals surface area contributed by atoms with E-state index < -0.39 is 0 Å². The fraction of sp³-hybridized carbons (Fsp3) is 0.571. The van der Waals surface area contributed by atoms with Crippen LogP contribution < -0.4 is 5.32 Å². The minimum absolute atomic E-state index is 0. The van der Waals surface area contributed by atoms with Crippen molar-refractivity contribution in [1.29, 1.82) is 0 Å². The summed E-state index contributed by atoms with van der Waals surface area (Å²) in [5, 5.41) is 4.75. The lowest BCUT2D eigenvalue weighted by Crippen LogP contribution is -2.25. The number of hydrogen-bond donors (Lipinski definition) is 1. The molecular weight excluding hydrogens is 305 g/mol. The Hall–Kier alpha value is 0.01000. The monoisotopic (exact) mass is 321 g/mol. The van der Waals surface area contributed by atoms with Gasteiger partial charge in [0, 0.05) is 18.6 Å². The molecule has 1 aliphatic carbocycles. The Morgan fingerprint density at radius 3 is 2.84 bits per heavy atom. The van der Waals surface area contributed by atoms with E-state index in [9.17, 15) is 0 Å². The van der Waals surface area contributed by atoms with Crippen LogP contribution in [0.3, 0.4) is 0 Å². The van der Waals surface area contributed by atoms with Gasteiger partial charge in [-0.2, -0.15) is 0 Å². The van der Waals surface area contributed by atoms with Gasteiger partial charge in [0.15, 0.2) is 0 Å². The lowest BCUT2D eigenvalue weighted by molar-refractivity contribution is 0.126. The third-order valence-electron chi connectivity index (χ3n) is 4.44. The van der Waals surface area contributed by atoms with Crippen molar-refractivity contribution in [3.63, 3.8) is 0 Å². The van der Waals surface area contributed by atoms with Gasteiger partial charge >= 0.3 is 0 Å². The molecule has 1 saturated carbocycles. The quantitative estimate of drug-likeness (QED) is 0.915. The van der Waals surface area contributed by atoms with E-state index in [1.807, 2.05) is 19.1 Å². The molecule has 106 valence electrons. The van der Waals surface area contributed by atoms with E-state index in [1.165, 1.54) is 5.56 Å². The highest BCUT2D eigenvalue weighted by Crippen LogP contribution is 2.62. The van der Waals surface area contributed by atoms with Gasteiger partial charge in [0.25, 0.3) is 0 Å². The number of benzene rings is 1. The summed E-state index contributed by atoms with van der Waals surface area (Å²) in [5.41, 5.74) is 1.53. The third-order valence-corrected chi connectivity index (χ3v) is 5.18. The molecule has 1 aromatic rings. The first kappa shape index (κ1) is 15.4. The van der Waals surface area contributed by atoms with Gasteiger partial charge in [0.05, 0.1) is 16.7 Å². The number of halogens is 3. The second-order valence-electron chi connectivity index (χ2n) is 5.17. The van der Waals surface area contributed by atoms with Crippen LogP contribution in [-0.2, 0) is 10.2 Å². The van der Waals surface area contributed by atoms with E-state index in [0.29, 0.717) is 21.9 Å². The van der Waals surface area contributed by atoms with Crippen LogP contribution in [0.15, 0.2) is 18.2 Å². The summed E-state index contributed by atoms with van der Waals surface area (Å²) in [4.78, 5) is 0. The van der Waals surface area contributed by atoms with Gasteiger partial charge in [-0.05, 0) is 43.0 Å². The molecule has 19 heavy (non-hydrogen) atoms. The largest absolute Gasteiger partial charge is 0.381 e. The van der Waals surface area contributed by atoms with Crippen LogP contribution in [0.25, 0.3) is 0 Å². The number of piperidine rings is 1. The zero-order valence-corrected chi connectivity index (χ0v) is 13.1. The lowest BCUT2D eigenvalue weighted by atomic mass is 9.93. The van der Waals surface area contributed by atoms with E-state index >= 15 is 0 Å². The van der Waals surface area contributed by atoms with Gasteiger partial charge in [0.2, 0.25) is 0 Å². The van der Waals surface area contributed by atoms with Crippen molar-refractivity contribution in [3.8, 4) is 0 Å². The molecule has 0 bridgehead atoms. The summed E-state index contributed by atoms with van der Waals surface area (Å²) in [6.07, 6.45) is 0. The first-order valence-corrected chi connectivity index (χ1v) is 7.19. The highest BCUT2D eigenvalue weighted by molar-refractivity contribution is 6.42. The first-order valence-electron chi connectivity index (χ1n) is 6.44. The van der Waals surface area contributed by atoms with E-state index in [-0.39, 0.29) is 17.8 Å². The normalized spacial score (nSPS) is 31.7. The fourth-order valence-corrected chi connectivity index (χ4v) is 3.75. The third kappa shape index (κ3) is 2.38. The molecule has 2 fully saturated rings. The van der Waals surface area contributed by atoms with Crippen LogP contribution in [0.4, 0.5) is 0 Å². The molecule has 2 nitrogen and oxygen atoms in total. The van der Waals surface area contributed by atoms with Gasteiger partial charge < -0.3 is 10.1 Å². The average Bonchev–Trinajstić information content (AvgIpc) is 2.77. The number of ether oxygens (including phenoxy) is 1. The second-order valence-corrected chi connectivity index (χ2v) is 5.99. The molecule has 1 saturated heterocycles. The number of hydrogen-bond acceptors (Lipinski definition) is 2. The molecule has 1 aliphatic heterocycles. The maximum Gasteiger partial charge on any atom is 0.0595 e. The molecule has 0 amide bonds. The Kier molecular flexibility index (Phi) is 4.69. The Morgan fingerprint density at radius 1 is 1.37 bits per heavy atom. The van der Waals surface area contributed by atoms with Crippen molar-refractivity contribution in [1.82, 2.24) is 5.32 Å². The topological polar surface area (TPSA) is 21.3 Å². The Labute approximate surface area is 130 Å². The standard InChI is InChI=1S/C14H17Cl2NO.ClH/c1-2-18-7-11-10-6-17-8-14(10,11)9-3-4-12(15)13(16)5-9;/h3-5,10-11,17H,2,6-8H2,1H3;1H. The molecule has 5 heteroatoms. The minimum atomic E-state index is 0. The maximum atomic E-state index is 6.14. The molecule has 0 radical (unpaired) electrons. The summed E-state index contributed by atoms with van der Waals surface area (Å²) in [6.45, 7) is 5.78. The van der Waals surface area contributed by atoms with Crippen LogP contribution >= 0.6 is 35.6 Å². The van der Waals surface area contributed by atoms with Crippen molar-refractivity contribution >= 4 is 35.6 Å². The van der Waals surface area contributed by atoms with E-state index in [1.54, 1.807) is 0 Å². The van der Waals surface area contributed by atoms with Crippen molar-refractivity contribution in [2.75, 3.05) is 26.3 Å². The van der Waals surface area contributed by atoms with Gasteiger partial charge in [-0.1, -0.05) is 29.3 Å². The smallest absolute Gasteiger partial charge is 0.0595 e. The zero-order valence-electron chi connectivity index (χ0n) is 10.8. The molecule has 2 aliphatic rings. The maximum absolute atomic E-state index is 6.14. The first-order chi connectivity index (χ1) is 8.70. The molecule has 3 atom stereocenters. The van der Waals surface area contributed by atoms with Crippen LogP contribution in [-0.4, -0.2) is 26.3 Å². The molecular formula is C14H18Cl3NO. The summed E-state index contributed by atoms with van der Waals surface area (Å²) >= 11 is 12.1. The average molecular weight is 323 g/mol. The predicted molar refractivity (Wildman–Crippen MR) is 81.7 cm³/mol. The van der Waals surface area contributed by atoms with Crippen molar-refractivity contribution in [3.05, 3.63) is 33.8 Å². The van der Waals surface area contributed by atoms with Crippen molar-refractivity contribution < 1.29 is 4.74 Å². The zero-order chi connectivity index (χ0) is 12.8. The SMILES string of the molecule is CCOCC1C2CNCC21c1ccc(Cl)c(Cl)c1.Cl. The second kappa shape index (κ2) is 5.79. The molecule has 1 heterocycles. The molecule has 1 aromatic carbocycles. The minimum Gasteiger partial charge on any atom is -0.381 e. The Balaban J connectivity index is 0.00000133. The summed E-state index contributed by atoms with van der Waals surface area (Å²) in [5.74, 6) is 1.30. The van der Waals surface area contributed by atoms with Crippen LogP contribution in [0.2, 0.25) is 10.0 Å². The Bertz CT molecular complexity index is 468. The van der Waals surface area contributed by atoms with Crippen molar-refractivity contribution in [2.45, 2.75) is 12.3 Å². The van der Waals surface area contributed by atoms with Crippen LogP contribution in [0, 0.1) is 11.8 Å². The number of fused-ring (bicyclic) bond motifs is 1. The summed E-state index contributed by atoms with van der Waals surface area (Å²) < 4.78 is 5.61. The fourth-order valence-electron chi connectivity index (χ4n) is 3.45. The lowest BCUT2D eigenvalue weighted by Gasteiger charge is -2.16. The Morgan fingerprint density at radius 2 is 2.16 bits per heavy atom. The molecule has 1 N–H and O–H groups in total. The van der Waals surface area contributed by atoms with Gasteiger partial charge in [-0.15, -0.1) is 12.4 Å². The number of nitrogens with one attached hydrogen (secondary N) is 1.